The fourth-order valence-corrected chi connectivity index (χ4v) is 5.69. The Morgan fingerprint density at radius 3 is 2.45 bits per heavy atom. The highest BCUT2D eigenvalue weighted by atomic mass is 35.5. The molecule has 42 heavy (non-hydrogen) atoms. The lowest BCUT2D eigenvalue weighted by atomic mass is 10.0. The number of halogens is 6. The first-order valence-corrected chi connectivity index (χ1v) is 13.8. The third-order valence-electron chi connectivity index (χ3n) is 6.36. The number of carbonyl (C=O) groups excluding carboxylic acids is 1. The number of aromatic amines is 1. The minimum atomic E-state index is -4.91. The zero-order chi connectivity index (χ0) is 30.4. The van der Waals surface area contributed by atoms with E-state index in [4.69, 9.17) is 11.6 Å². The maximum atomic E-state index is 14.7. The third kappa shape index (κ3) is 5.52. The highest BCUT2D eigenvalue weighted by molar-refractivity contribution is 7.90. The van der Waals surface area contributed by atoms with Gasteiger partial charge in [-0.15, -0.1) is 0 Å². The van der Waals surface area contributed by atoms with Crippen molar-refractivity contribution in [2.24, 2.45) is 0 Å². The van der Waals surface area contributed by atoms with E-state index in [-0.39, 0.29) is 32.6 Å². The smallest absolute Gasteiger partial charge is 0.331 e. The molecule has 0 aliphatic carbocycles. The van der Waals surface area contributed by atoms with Crippen molar-refractivity contribution >= 4 is 38.4 Å². The number of aromatic nitrogens is 2. The second kappa shape index (κ2) is 10.7. The van der Waals surface area contributed by atoms with Crippen LogP contribution < -0.4 is 10.3 Å². The number of amides is 1. The van der Waals surface area contributed by atoms with Gasteiger partial charge in [0.2, 0.25) is 0 Å². The molecule has 0 saturated carbocycles. The van der Waals surface area contributed by atoms with Crippen LogP contribution >= 0.6 is 11.6 Å². The van der Waals surface area contributed by atoms with Crippen molar-refractivity contribution in [2.75, 3.05) is 0 Å². The molecule has 0 atom stereocenters. The molecule has 0 radical (unpaired) electrons. The molecule has 5 aromatic rings. The van der Waals surface area contributed by atoms with Crippen molar-refractivity contribution < 1.29 is 35.2 Å². The largest absolute Gasteiger partial charge is 0.416 e. The average molecular weight is 622 g/mol. The number of nitrogens with zero attached hydrogens (tertiary/aromatic N) is 1. The number of alkyl halides is 3. The van der Waals surface area contributed by atoms with Gasteiger partial charge in [0.25, 0.3) is 21.5 Å². The van der Waals surface area contributed by atoms with Crippen LogP contribution in [0.15, 0.2) is 88.7 Å². The average Bonchev–Trinajstić information content (AvgIpc) is 3.23. The van der Waals surface area contributed by atoms with Crippen LogP contribution in [-0.4, -0.2) is 23.9 Å². The van der Waals surface area contributed by atoms with Gasteiger partial charge in [0.15, 0.2) is 0 Å². The van der Waals surface area contributed by atoms with Crippen molar-refractivity contribution in [3.05, 3.63) is 123 Å². The van der Waals surface area contributed by atoms with E-state index < -0.39 is 62.0 Å². The number of hydrogen-bond donors (Lipinski definition) is 2. The predicted molar refractivity (Wildman–Crippen MR) is 145 cm³/mol. The van der Waals surface area contributed by atoms with Crippen molar-refractivity contribution in [1.82, 2.24) is 14.3 Å². The zero-order valence-electron chi connectivity index (χ0n) is 21.0. The van der Waals surface area contributed by atoms with Crippen LogP contribution in [0.5, 0.6) is 0 Å². The maximum absolute atomic E-state index is 14.7. The van der Waals surface area contributed by atoms with Crippen LogP contribution in [-0.2, 0) is 22.7 Å². The van der Waals surface area contributed by atoms with E-state index in [2.05, 4.69) is 4.98 Å². The quantitative estimate of drug-likeness (QED) is 0.223. The summed E-state index contributed by atoms with van der Waals surface area (Å²) in [5, 5.41) is 0.367. The van der Waals surface area contributed by atoms with Gasteiger partial charge in [0.1, 0.15) is 17.3 Å². The van der Waals surface area contributed by atoms with Gasteiger partial charge in [-0.05, 0) is 66.7 Å². The molecule has 2 N–H and O–H groups in total. The Balaban J connectivity index is 1.75. The Bertz CT molecular complexity index is 2040. The minimum absolute atomic E-state index is 0.0927. The van der Waals surface area contributed by atoms with E-state index in [1.807, 2.05) is 0 Å². The molecule has 2 heterocycles. The second-order valence-corrected chi connectivity index (χ2v) is 11.2. The fraction of sp³-hybridized carbons (Fsp3) is 0.0714. The van der Waals surface area contributed by atoms with E-state index in [0.717, 1.165) is 30.3 Å². The molecule has 1 amide bonds. The minimum Gasteiger partial charge on any atom is -0.331 e. The van der Waals surface area contributed by atoms with Gasteiger partial charge in [-0.2, -0.15) is 13.2 Å². The zero-order valence-corrected chi connectivity index (χ0v) is 22.5. The molecule has 0 aliphatic heterocycles. The third-order valence-corrected chi connectivity index (χ3v) is 7.93. The van der Waals surface area contributed by atoms with Crippen LogP contribution in [0.25, 0.3) is 22.0 Å². The Hall–Kier alpha value is -4.49. The van der Waals surface area contributed by atoms with Gasteiger partial charge >= 0.3 is 6.18 Å². The standard InChI is InChI=1S/C28H17ClF5N3O4S/c29-17-6-9-23-21(13-17)24(20-5-2-10-35-26(20)38)25(37(23)14-15-11-18(30)7-8-22(15)31)27(39)36-42(40,41)19-4-1-3-16(12-19)28(32,33)34/h1-13H,14H2,(H,35,38)(H,36,39). The summed E-state index contributed by atoms with van der Waals surface area (Å²) < 4.78 is 97.7. The second-order valence-electron chi connectivity index (χ2n) is 9.08. The number of benzene rings is 3. The van der Waals surface area contributed by atoms with Crippen molar-refractivity contribution in [3.63, 3.8) is 0 Å². The van der Waals surface area contributed by atoms with Crippen LogP contribution in [0.4, 0.5) is 22.0 Å². The van der Waals surface area contributed by atoms with Crippen LogP contribution in [0.1, 0.15) is 21.6 Å². The van der Waals surface area contributed by atoms with E-state index in [0.29, 0.717) is 12.1 Å². The summed E-state index contributed by atoms with van der Waals surface area (Å²) in [5.74, 6) is -2.98. The number of hydrogen-bond acceptors (Lipinski definition) is 4. The summed E-state index contributed by atoms with van der Waals surface area (Å²) in [6, 6.07) is 12.4. The Morgan fingerprint density at radius 1 is 0.976 bits per heavy atom. The number of fused-ring (bicyclic) bond motifs is 1. The van der Waals surface area contributed by atoms with Crippen LogP contribution in [0, 0.1) is 11.6 Å². The first kappa shape index (κ1) is 29.0. The number of pyridine rings is 1. The van der Waals surface area contributed by atoms with E-state index in [9.17, 15) is 40.0 Å². The van der Waals surface area contributed by atoms with Crippen molar-refractivity contribution in [2.45, 2.75) is 17.6 Å². The van der Waals surface area contributed by atoms with Gasteiger partial charge in [-0.25, -0.2) is 21.9 Å². The Morgan fingerprint density at radius 2 is 1.74 bits per heavy atom. The monoisotopic (exact) mass is 621 g/mol. The number of carbonyl (C=O) groups is 1. The molecule has 3 aromatic carbocycles. The van der Waals surface area contributed by atoms with E-state index in [1.165, 1.54) is 41.1 Å². The predicted octanol–water partition coefficient (Wildman–Crippen LogP) is 6.11. The summed E-state index contributed by atoms with van der Waals surface area (Å²) in [4.78, 5) is 28.3. The lowest BCUT2D eigenvalue weighted by Crippen LogP contribution is -2.33. The van der Waals surface area contributed by atoms with Gasteiger partial charge in [-0.3, -0.25) is 9.59 Å². The van der Waals surface area contributed by atoms with Gasteiger partial charge in [0.05, 0.1) is 17.0 Å². The van der Waals surface area contributed by atoms with Crippen molar-refractivity contribution in [3.8, 4) is 11.1 Å². The molecular formula is C28H17ClF5N3O4S. The number of nitrogens with one attached hydrogen (secondary N) is 2. The summed E-state index contributed by atoms with van der Waals surface area (Å²) in [6.45, 7) is -0.501. The first-order chi connectivity index (χ1) is 19.8. The highest BCUT2D eigenvalue weighted by Gasteiger charge is 2.33. The van der Waals surface area contributed by atoms with Gasteiger partial charge in [-0.1, -0.05) is 17.7 Å². The summed E-state index contributed by atoms with van der Waals surface area (Å²) in [6.07, 6.45) is -3.55. The Kier molecular flexibility index (Phi) is 7.41. The molecule has 2 aromatic heterocycles. The molecule has 0 unspecified atom stereocenters. The lowest BCUT2D eigenvalue weighted by molar-refractivity contribution is -0.137. The highest BCUT2D eigenvalue weighted by Crippen LogP contribution is 2.36. The summed E-state index contributed by atoms with van der Waals surface area (Å²) in [5.41, 5.74) is -2.62. The number of H-pyrrole nitrogens is 1. The molecule has 0 bridgehead atoms. The lowest BCUT2D eigenvalue weighted by Gasteiger charge is -2.14. The molecule has 0 aliphatic rings. The van der Waals surface area contributed by atoms with E-state index >= 15 is 0 Å². The van der Waals surface area contributed by atoms with Crippen LogP contribution in [0.3, 0.4) is 0 Å². The molecular weight excluding hydrogens is 605 g/mol. The first-order valence-electron chi connectivity index (χ1n) is 11.9. The van der Waals surface area contributed by atoms with Crippen molar-refractivity contribution in [1.29, 1.82) is 0 Å². The van der Waals surface area contributed by atoms with Gasteiger partial charge in [0, 0.05) is 38.8 Å². The molecule has 0 saturated heterocycles. The number of sulfonamides is 1. The SMILES string of the molecule is O=C(NS(=O)(=O)c1cccc(C(F)(F)F)c1)c1c(-c2ccc[nH]c2=O)c2cc(Cl)ccc2n1Cc1cc(F)ccc1F. The molecule has 5 rings (SSSR count). The van der Waals surface area contributed by atoms with Gasteiger partial charge < -0.3 is 9.55 Å². The molecule has 0 spiro atoms. The summed E-state index contributed by atoms with van der Waals surface area (Å²) >= 11 is 6.21. The molecule has 14 heteroatoms. The molecule has 216 valence electrons. The topological polar surface area (TPSA) is 101 Å². The summed E-state index contributed by atoms with van der Waals surface area (Å²) in [7, 11) is -4.91. The fourth-order valence-electron chi connectivity index (χ4n) is 4.52. The number of rotatable bonds is 6. The van der Waals surface area contributed by atoms with Crippen LogP contribution in [0.2, 0.25) is 5.02 Å². The Labute approximate surface area is 239 Å². The normalized spacial score (nSPS) is 12.0. The maximum Gasteiger partial charge on any atom is 0.416 e. The van der Waals surface area contributed by atoms with E-state index in [1.54, 1.807) is 4.72 Å². The molecule has 7 nitrogen and oxygen atoms in total. The molecule has 0 fully saturated rings.